The Hall–Kier alpha value is -0.560. The van der Waals surface area contributed by atoms with Crippen molar-refractivity contribution in [3.05, 3.63) is 27.7 Å². The zero-order chi connectivity index (χ0) is 12.0. The van der Waals surface area contributed by atoms with Gasteiger partial charge in [0.25, 0.3) is 0 Å². The van der Waals surface area contributed by atoms with Crippen LogP contribution in [0.2, 0.25) is 10.0 Å². The first-order valence-electron chi connectivity index (χ1n) is 4.71. The maximum atomic E-state index is 8.40. The fourth-order valence-corrected chi connectivity index (χ4v) is 2.40. The van der Waals surface area contributed by atoms with E-state index in [1.165, 1.54) is 11.8 Å². The number of hydrogen-bond donors (Lipinski definition) is 0. The van der Waals surface area contributed by atoms with Gasteiger partial charge in [-0.3, -0.25) is 0 Å². The number of rotatable bonds is 5. The van der Waals surface area contributed by atoms with Crippen molar-refractivity contribution in [3.63, 3.8) is 0 Å². The van der Waals surface area contributed by atoms with Crippen molar-refractivity contribution in [2.45, 2.75) is 12.8 Å². The Morgan fingerprint density at radius 2 is 2.19 bits per heavy atom. The first-order valence-corrected chi connectivity index (χ1v) is 6.46. The van der Waals surface area contributed by atoms with Crippen LogP contribution in [0.3, 0.4) is 0 Å². The maximum absolute atomic E-state index is 8.40. The lowest BCUT2D eigenvalue weighted by Gasteiger charge is -2.10. The van der Waals surface area contributed by atoms with Crippen LogP contribution in [0.25, 0.3) is 0 Å². The predicted octanol–water partition coefficient (Wildman–Crippen LogP) is 4.15. The maximum Gasteiger partial charge on any atom is 0.140 e. The smallest absolute Gasteiger partial charge is 0.140 e. The molecule has 0 heterocycles. The van der Waals surface area contributed by atoms with Crippen LogP contribution in [-0.4, -0.2) is 12.9 Å². The highest BCUT2D eigenvalue weighted by Crippen LogP contribution is 2.32. The van der Waals surface area contributed by atoms with Gasteiger partial charge in [0.1, 0.15) is 11.2 Å². The zero-order valence-corrected chi connectivity index (χ0v) is 11.1. The van der Waals surface area contributed by atoms with Crippen molar-refractivity contribution in [2.75, 3.05) is 12.9 Å². The Morgan fingerprint density at radius 3 is 2.81 bits per heavy atom. The van der Waals surface area contributed by atoms with Gasteiger partial charge in [-0.25, -0.2) is 0 Å². The SMILES string of the molecule is COc1c(Cl)cc(Cl)cc1CCCSC#N. The minimum atomic E-state index is 0.526. The first kappa shape index (κ1) is 13.5. The fourth-order valence-electron chi connectivity index (χ4n) is 1.41. The molecule has 0 bridgehead atoms. The molecule has 0 aliphatic heterocycles. The number of halogens is 2. The summed E-state index contributed by atoms with van der Waals surface area (Å²) in [5.74, 6) is 1.47. The summed E-state index contributed by atoms with van der Waals surface area (Å²) in [6, 6.07) is 3.51. The molecule has 0 saturated heterocycles. The van der Waals surface area contributed by atoms with Crippen molar-refractivity contribution < 1.29 is 4.74 Å². The average Bonchev–Trinajstić information content (AvgIpc) is 2.24. The van der Waals surface area contributed by atoms with Gasteiger partial charge >= 0.3 is 0 Å². The minimum absolute atomic E-state index is 0.526. The predicted molar refractivity (Wildman–Crippen MR) is 69.4 cm³/mol. The Morgan fingerprint density at radius 1 is 1.44 bits per heavy atom. The Bertz CT molecular complexity index is 404. The minimum Gasteiger partial charge on any atom is -0.495 e. The molecule has 86 valence electrons. The van der Waals surface area contributed by atoms with Crippen molar-refractivity contribution in [1.82, 2.24) is 0 Å². The molecule has 0 amide bonds. The second-order valence-corrected chi connectivity index (χ2v) is 4.85. The van der Waals surface area contributed by atoms with Gasteiger partial charge in [0, 0.05) is 10.8 Å². The zero-order valence-electron chi connectivity index (χ0n) is 8.80. The second-order valence-electron chi connectivity index (χ2n) is 3.12. The molecule has 1 rings (SSSR count). The Labute approximate surface area is 109 Å². The molecule has 2 nitrogen and oxygen atoms in total. The summed E-state index contributed by atoms with van der Waals surface area (Å²) in [4.78, 5) is 0. The molecule has 0 radical (unpaired) electrons. The number of methoxy groups -OCH3 is 1. The lowest BCUT2D eigenvalue weighted by atomic mass is 10.1. The topological polar surface area (TPSA) is 33.0 Å². The highest BCUT2D eigenvalue weighted by molar-refractivity contribution is 8.03. The molecule has 0 spiro atoms. The van der Waals surface area contributed by atoms with Gasteiger partial charge in [-0.1, -0.05) is 23.2 Å². The first-order chi connectivity index (χ1) is 7.69. The summed E-state index contributed by atoms with van der Waals surface area (Å²) >= 11 is 13.2. The molecular formula is C11H11Cl2NOS. The largest absolute Gasteiger partial charge is 0.495 e. The standard InChI is InChI=1S/C11H11Cl2NOS/c1-15-11-8(3-2-4-16-7-14)5-9(12)6-10(11)13/h5-6H,2-4H2,1H3. The normalized spacial score (nSPS) is 9.88. The lowest BCUT2D eigenvalue weighted by Crippen LogP contribution is -1.94. The summed E-state index contributed by atoms with van der Waals surface area (Å²) in [7, 11) is 1.59. The van der Waals surface area contributed by atoms with Gasteiger partial charge in [0.05, 0.1) is 12.1 Å². The molecule has 0 aliphatic carbocycles. The molecule has 0 N–H and O–H groups in total. The summed E-state index contributed by atoms with van der Waals surface area (Å²) in [6.45, 7) is 0. The molecule has 5 heteroatoms. The number of nitriles is 1. The fraction of sp³-hybridized carbons (Fsp3) is 0.364. The highest BCUT2D eigenvalue weighted by atomic mass is 35.5. The number of thiocyanates is 1. The quantitative estimate of drug-likeness (QED) is 0.598. The Balaban J connectivity index is 2.74. The van der Waals surface area contributed by atoms with Crippen LogP contribution in [-0.2, 0) is 6.42 Å². The van der Waals surface area contributed by atoms with Crippen molar-refractivity contribution in [1.29, 1.82) is 5.26 Å². The van der Waals surface area contributed by atoms with Crippen LogP contribution in [0.1, 0.15) is 12.0 Å². The van der Waals surface area contributed by atoms with Gasteiger partial charge in [-0.15, -0.1) is 0 Å². The van der Waals surface area contributed by atoms with Crippen LogP contribution in [0.15, 0.2) is 12.1 Å². The highest BCUT2D eigenvalue weighted by Gasteiger charge is 2.09. The molecule has 0 atom stereocenters. The number of hydrogen-bond acceptors (Lipinski definition) is 3. The van der Waals surface area contributed by atoms with E-state index in [9.17, 15) is 0 Å². The number of ether oxygens (including phenoxy) is 1. The third kappa shape index (κ3) is 3.79. The number of aryl methyl sites for hydroxylation is 1. The molecule has 0 saturated carbocycles. The van der Waals surface area contributed by atoms with Gasteiger partial charge in [-0.2, -0.15) is 5.26 Å². The van der Waals surface area contributed by atoms with Crippen LogP contribution in [0.4, 0.5) is 0 Å². The van der Waals surface area contributed by atoms with Gasteiger partial charge in [0.2, 0.25) is 0 Å². The van der Waals surface area contributed by atoms with E-state index in [2.05, 4.69) is 0 Å². The van der Waals surface area contributed by atoms with Gasteiger partial charge in [-0.05, 0) is 42.3 Å². The number of nitrogens with zero attached hydrogens (tertiary/aromatic N) is 1. The van der Waals surface area contributed by atoms with Crippen LogP contribution in [0, 0.1) is 10.7 Å². The average molecular weight is 276 g/mol. The molecule has 1 aromatic carbocycles. The summed E-state index contributed by atoms with van der Waals surface area (Å²) < 4.78 is 5.23. The molecule has 1 aromatic rings. The van der Waals surface area contributed by atoms with Gasteiger partial charge < -0.3 is 4.74 Å². The third-order valence-corrected chi connectivity index (χ3v) is 3.17. The molecule has 0 unspecified atom stereocenters. The van der Waals surface area contributed by atoms with E-state index in [0.29, 0.717) is 15.8 Å². The van der Waals surface area contributed by atoms with Crippen molar-refractivity contribution in [2.24, 2.45) is 0 Å². The van der Waals surface area contributed by atoms with Crippen LogP contribution >= 0.6 is 35.0 Å². The van der Waals surface area contributed by atoms with Crippen LogP contribution in [0.5, 0.6) is 5.75 Å². The number of thioether (sulfide) groups is 1. The van der Waals surface area contributed by atoms with E-state index in [1.807, 2.05) is 11.5 Å². The van der Waals surface area contributed by atoms with E-state index in [1.54, 1.807) is 13.2 Å². The van der Waals surface area contributed by atoms with E-state index in [0.717, 1.165) is 24.2 Å². The molecule has 0 fully saturated rings. The van der Waals surface area contributed by atoms with Crippen molar-refractivity contribution in [3.8, 4) is 11.2 Å². The van der Waals surface area contributed by atoms with Crippen molar-refractivity contribution >= 4 is 35.0 Å². The molecule has 0 aromatic heterocycles. The molecular weight excluding hydrogens is 265 g/mol. The monoisotopic (exact) mass is 275 g/mol. The molecule has 0 aliphatic rings. The third-order valence-electron chi connectivity index (χ3n) is 2.05. The van der Waals surface area contributed by atoms with E-state index in [-0.39, 0.29) is 0 Å². The lowest BCUT2D eigenvalue weighted by molar-refractivity contribution is 0.409. The summed E-state index contributed by atoms with van der Waals surface area (Å²) in [5.41, 5.74) is 0.985. The van der Waals surface area contributed by atoms with E-state index < -0.39 is 0 Å². The van der Waals surface area contributed by atoms with E-state index >= 15 is 0 Å². The molecule has 16 heavy (non-hydrogen) atoms. The van der Waals surface area contributed by atoms with E-state index in [4.69, 9.17) is 33.2 Å². The summed E-state index contributed by atoms with van der Waals surface area (Å²) in [6.07, 6.45) is 1.70. The second kappa shape index (κ2) is 6.90. The van der Waals surface area contributed by atoms with Crippen LogP contribution < -0.4 is 4.74 Å². The number of benzene rings is 1. The Kier molecular flexibility index (Phi) is 5.83. The van der Waals surface area contributed by atoms with Gasteiger partial charge in [0.15, 0.2) is 0 Å². The summed E-state index contributed by atoms with van der Waals surface area (Å²) in [5, 5.41) is 11.6.